The molecule has 1 aliphatic carbocycles. The first kappa shape index (κ1) is 20.5. The molecule has 2 rings (SSSR count). The van der Waals surface area contributed by atoms with Gasteiger partial charge in [0.25, 0.3) is 0 Å². The maximum Gasteiger partial charge on any atom is 0.241 e. The molecule has 26 heavy (non-hydrogen) atoms. The fourth-order valence-electron chi connectivity index (χ4n) is 2.93. The minimum atomic E-state index is -3.76. The van der Waals surface area contributed by atoms with E-state index in [-0.39, 0.29) is 10.8 Å². The van der Waals surface area contributed by atoms with Crippen LogP contribution in [0.2, 0.25) is 0 Å². The van der Waals surface area contributed by atoms with Gasteiger partial charge in [-0.2, -0.15) is 4.72 Å². The molecular weight excluding hydrogens is 352 g/mol. The van der Waals surface area contributed by atoms with E-state index < -0.39 is 16.1 Å². The van der Waals surface area contributed by atoms with Gasteiger partial charge in [-0.15, -0.1) is 0 Å². The van der Waals surface area contributed by atoms with Crippen molar-refractivity contribution in [3.8, 4) is 5.75 Å². The molecule has 1 aliphatic rings. The Morgan fingerprint density at radius 1 is 1.23 bits per heavy atom. The molecule has 144 valence electrons. The van der Waals surface area contributed by atoms with Crippen LogP contribution in [0.1, 0.15) is 45.4 Å². The number of carbonyl (C=O) groups excluding carboxylic acids is 1. The Balaban J connectivity index is 1.91. The Bertz CT molecular complexity index is 726. The van der Waals surface area contributed by atoms with E-state index in [2.05, 4.69) is 16.1 Å². The molecule has 0 heterocycles. The van der Waals surface area contributed by atoms with Crippen LogP contribution in [0.4, 0.5) is 0 Å². The van der Waals surface area contributed by atoms with E-state index in [0.717, 1.165) is 19.3 Å². The number of allylic oxidation sites excluding steroid dienone is 1. The number of carbonyl (C=O) groups is 1. The van der Waals surface area contributed by atoms with E-state index in [4.69, 9.17) is 4.74 Å². The average molecular weight is 381 g/mol. The van der Waals surface area contributed by atoms with Gasteiger partial charge in [-0.3, -0.25) is 4.79 Å². The van der Waals surface area contributed by atoms with E-state index in [1.165, 1.54) is 37.7 Å². The van der Waals surface area contributed by atoms with Crippen molar-refractivity contribution in [1.82, 2.24) is 10.0 Å². The topological polar surface area (TPSA) is 84.5 Å². The number of amides is 1. The zero-order valence-corrected chi connectivity index (χ0v) is 16.3. The fraction of sp³-hybridized carbons (Fsp3) is 0.526. The highest BCUT2D eigenvalue weighted by molar-refractivity contribution is 7.89. The van der Waals surface area contributed by atoms with Gasteiger partial charge in [0.2, 0.25) is 15.9 Å². The lowest BCUT2D eigenvalue weighted by molar-refractivity contribution is -0.122. The van der Waals surface area contributed by atoms with Gasteiger partial charge in [-0.1, -0.05) is 18.6 Å². The summed E-state index contributed by atoms with van der Waals surface area (Å²) in [5, 5.41) is 2.85. The van der Waals surface area contributed by atoms with Crippen molar-refractivity contribution in [2.75, 3.05) is 13.7 Å². The van der Waals surface area contributed by atoms with Crippen LogP contribution in [0.25, 0.3) is 0 Å². The lowest BCUT2D eigenvalue weighted by Gasteiger charge is -2.18. The van der Waals surface area contributed by atoms with Crippen LogP contribution in [0, 0.1) is 0 Å². The zero-order chi connectivity index (χ0) is 19.0. The fourth-order valence-corrected chi connectivity index (χ4v) is 4.21. The summed E-state index contributed by atoms with van der Waals surface area (Å²) in [6.07, 6.45) is 8.11. The predicted octanol–water partition coefficient (Wildman–Crippen LogP) is 2.76. The van der Waals surface area contributed by atoms with Gasteiger partial charge >= 0.3 is 0 Å². The smallest absolute Gasteiger partial charge is 0.241 e. The monoisotopic (exact) mass is 380 g/mol. The molecule has 1 atom stereocenters. The maximum absolute atomic E-state index is 12.5. The van der Waals surface area contributed by atoms with Crippen LogP contribution in [0.3, 0.4) is 0 Å². The highest BCUT2D eigenvalue weighted by Gasteiger charge is 2.24. The van der Waals surface area contributed by atoms with Crippen molar-refractivity contribution in [2.45, 2.75) is 56.4 Å². The Morgan fingerprint density at radius 2 is 1.96 bits per heavy atom. The summed E-state index contributed by atoms with van der Waals surface area (Å²) in [6.45, 7) is 2.32. The minimum Gasteiger partial charge on any atom is -0.497 e. The van der Waals surface area contributed by atoms with E-state index in [1.807, 2.05) is 0 Å². The Labute approximate surface area is 156 Å². The van der Waals surface area contributed by atoms with E-state index in [0.29, 0.717) is 18.7 Å². The highest BCUT2D eigenvalue weighted by atomic mass is 32.2. The number of benzene rings is 1. The molecule has 6 nitrogen and oxygen atoms in total. The molecule has 0 bridgehead atoms. The first-order chi connectivity index (χ1) is 12.5. The number of hydrogen-bond donors (Lipinski definition) is 2. The van der Waals surface area contributed by atoms with Gasteiger partial charge in [0.05, 0.1) is 12.0 Å². The molecule has 7 heteroatoms. The molecule has 0 saturated carbocycles. The summed E-state index contributed by atoms with van der Waals surface area (Å²) in [5.74, 6) is 0.284. The summed E-state index contributed by atoms with van der Waals surface area (Å²) in [4.78, 5) is 12.5. The molecule has 1 aromatic rings. The number of methoxy groups -OCH3 is 1. The summed E-state index contributed by atoms with van der Waals surface area (Å²) < 4.78 is 32.5. The van der Waals surface area contributed by atoms with Crippen molar-refractivity contribution in [1.29, 1.82) is 0 Å². The number of ether oxygens (including phenoxy) is 1. The van der Waals surface area contributed by atoms with E-state index in [9.17, 15) is 13.2 Å². The standard InChI is InChI=1S/C19H28N2O4S/c1-3-18(19(22)20-14-13-15-7-5-4-6-8-15)21-26(23,24)17-11-9-16(25-2)10-12-17/h7,9-12,18,21H,3-6,8,13-14H2,1-2H3,(H,20,22)/t18-/m1/s1. The van der Waals surface area contributed by atoms with Crippen LogP contribution in [-0.4, -0.2) is 34.0 Å². The second-order valence-corrected chi connectivity index (χ2v) is 8.12. The molecule has 2 N–H and O–H groups in total. The molecule has 0 fully saturated rings. The Morgan fingerprint density at radius 3 is 2.54 bits per heavy atom. The van der Waals surface area contributed by atoms with Gasteiger partial charge in [-0.05, 0) is 62.8 Å². The SMILES string of the molecule is CC[C@@H](NS(=O)(=O)c1ccc(OC)cc1)C(=O)NCCC1=CCCCC1. The summed E-state index contributed by atoms with van der Waals surface area (Å²) >= 11 is 0. The molecule has 0 aromatic heterocycles. The van der Waals surface area contributed by atoms with Gasteiger partial charge < -0.3 is 10.1 Å². The molecule has 0 unspecified atom stereocenters. The van der Waals surface area contributed by atoms with Crippen LogP contribution >= 0.6 is 0 Å². The van der Waals surface area contributed by atoms with Crippen LogP contribution in [0.15, 0.2) is 40.8 Å². The lowest BCUT2D eigenvalue weighted by Crippen LogP contribution is -2.46. The van der Waals surface area contributed by atoms with E-state index in [1.54, 1.807) is 19.1 Å². The molecule has 0 saturated heterocycles. The summed E-state index contributed by atoms with van der Waals surface area (Å²) in [5.41, 5.74) is 1.38. The molecule has 0 aliphatic heterocycles. The quantitative estimate of drug-likeness (QED) is 0.645. The van der Waals surface area contributed by atoms with E-state index >= 15 is 0 Å². The lowest BCUT2D eigenvalue weighted by atomic mass is 9.97. The van der Waals surface area contributed by atoms with Gasteiger partial charge in [0.15, 0.2) is 0 Å². The number of sulfonamides is 1. The Kier molecular flexibility index (Phi) is 7.66. The third kappa shape index (κ3) is 5.85. The molecule has 1 aromatic carbocycles. The zero-order valence-electron chi connectivity index (χ0n) is 15.5. The summed E-state index contributed by atoms with van der Waals surface area (Å²) in [6, 6.07) is 5.28. The van der Waals surface area contributed by atoms with Gasteiger partial charge in [0.1, 0.15) is 11.8 Å². The second kappa shape index (κ2) is 9.73. The van der Waals surface area contributed by atoms with Crippen molar-refractivity contribution in [3.63, 3.8) is 0 Å². The van der Waals surface area contributed by atoms with Crippen LogP contribution in [0.5, 0.6) is 5.75 Å². The molecule has 0 radical (unpaired) electrons. The number of rotatable bonds is 9. The first-order valence-corrected chi connectivity index (χ1v) is 10.6. The maximum atomic E-state index is 12.5. The first-order valence-electron chi connectivity index (χ1n) is 9.08. The van der Waals surface area contributed by atoms with Crippen molar-refractivity contribution >= 4 is 15.9 Å². The Hall–Kier alpha value is -1.86. The predicted molar refractivity (Wildman–Crippen MR) is 102 cm³/mol. The van der Waals surface area contributed by atoms with Crippen molar-refractivity contribution < 1.29 is 17.9 Å². The number of hydrogen-bond acceptors (Lipinski definition) is 4. The number of nitrogens with one attached hydrogen (secondary N) is 2. The molecular formula is C19H28N2O4S. The third-order valence-corrected chi connectivity index (χ3v) is 6.01. The van der Waals surface area contributed by atoms with Crippen molar-refractivity contribution in [2.24, 2.45) is 0 Å². The largest absolute Gasteiger partial charge is 0.497 e. The van der Waals surface area contributed by atoms with Gasteiger partial charge in [0, 0.05) is 6.54 Å². The van der Waals surface area contributed by atoms with Crippen LogP contribution in [-0.2, 0) is 14.8 Å². The highest BCUT2D eigenvalue weighted by Crippen LogP contribution is 2.19. The normalized spacial score (nSPS) is 15.8. The van der Waals surface area contributed by atoms with Crippen molar-refractivity contribution in [3.05, 3.63) is 35.9 Å². The summed E-state index contributed by atoms with van der Waals surface area (Å²) in [7, 11) is -2.25. The average Bonchev–Trinajstić information content (AvgIpc) is 2.67. The second-order valence-electron chi connectivity index (χ2n) is 6.41. The molecule has 1 amide bonds. The third-order valence-electron chi connectivity index (χ3n) is 4.52. The van der Waals surface area contributed by atoms with Gasteiger partial charge in [-0.25, -0.2) is 8.42 Å². The minimum absolute atomic E-state index is 0.108. The van der Waals surface area contributed by atoms with Crippen LogP contribution < -0.4 is 14.8 Å². The molecule has 0 spiro atoms.